The smallest absolute Gasteiger partial charge is 0.137 e. The van der Waals surface area contributed by atoms with Crippen LogP contribution in [0.5, 0.6) is 0 Å². The number of β-amino-alcohol motifs (C(OH)–C–C–N with tert-alkyl or cyclic N) is 1. The molecule has 1 saturated carbocycles. The summed E-state index contributed by atoms with van der Waals surface area (Å²) >= 11 is 0. The first-order valence-corrected chi connectivity index (χ1v) is 7.29. The summed E-state index contributed by atoms with van der Waals surface area (Å²) in [5, 5.41) is 9.55. The van der Waals surface area contributed by atoms with Crippen LogP contribution >= 0.6 is 0 Å². The maximum atomic E-state index is 12.0. The molecule has 3 heteroatoms. The summed E-state index contributed by atoms with van der Waals surface area (Å²) < 4.78 is 0. The van der Waals surface area contributed by atoms with Crippen LogP contribution in [0.4, 0.5) is 0 Å². The minimum atomic E-state index is -0.179. The first-order chi connectivity index (χ1) is 8.36. The molecule has 0 aromatic rings. The van der Waals surface area contributed by atoms with Crippen LogP contribution in [0.1, 0.15) is 46.5 Å². The van der Waals surface area contributed by atoms with E-state index in [9.17, 15) is 9.90 Å². The minimum absolute atomic E-state index is 0.179. The van der Waals surface area contributed by atoms with Crippen LogP contribution in [0, 0.1) is 17.3 Å². The molecule has 3 nitrogen and oxygen atoms in total. The van der Waals surface area contributed by atoms with Crippen LogP contribution in [0.3, 0.4) is 0 Å². The van der Waals surface area contributed by atoms with Crippen molar-refractivity contribution in [3.63, 3.8) is 0 Å². The Morgan fingerprint density at radius 1 is 1.33 bits per heavy atom. The quantitative estimate of drug-likeness (QED) is 0.819. The third-order valence-corrected chi connectivity index (χ3v) is 4.71. The van der Waals surface area contributed by atoms with E-state index in [4.69, 9.17) is 0 Å². The van der Waals surface area contributed by atoms with Gasteiger partial charge in [0.1, 0.15) is 5.78 Å². The lowest BCUT2D eigenvalue weighted by Crippen LogP contribution is -2.38. The van der Waals surface area contributed by atoms with Crippen molar-refractivity contribution < 1.29 is 9.90 Å². The number of aliphatic hydroxyl groups excluding tert-OH is 1. The third-order valence-electron chi connectivity index (χ3n) is 4.71. The van der Waals surface area contributed by atoms with Gasteiger partial charge in [0.05, 0.1) is 6.10 Å². The molecule has 1 N–H and O–H groups in total. The van der Waals surface area contributed by atoms with Gasteiger partial charge in [-0.05, 0) is 30.6 Å². The second kappa shape index (κ2) is 5.30. The molecule has 2 fully saturated rings. The van der Waals surface area contributed by atoms with Crippen molar-refractivity contribution in [1.29, 1.82) is 0 Å². The number of hydrogen-bond donors (Lipinski definition) is 1. The summed E-state index contributed by atoms with van der Waals surface area (Å²) in [4.78, 5) is 14.3. The lowest BCUT2D eigenvalue weighted by molar-refractivity contribution is -0.127. The van der Waals surface area contributed by atoms with Gasteiger partial charge in [-0.3, -0.25) is 9.69 Å². The van der Waals surface area contributed by atoms with Gasteiger partial charge in [-0.1, -0.05) is 20.8 Å². The number of aliphatic hydroxyl groups is 1. The average Bonchev–Trinajstić information content (AvgIpc) is 2.66. The predicted molar refractivity (Wildman–Crippen MR) is 72.4 cm³/mol. The van der Waals surface area contributed by atoms with E-state index in [1.54, 1.807) is 0 Å². The van der Waals surface area contributed by atoms with Gasteiger partial charge in [0, 0.05) is 32.0 Å². The molecule has 1 aliphatic heterocycles. The van der Waals surface area contributed by atoms with Gasteiger partial charge in [-0.2, -0.15) is 0 Å². The number of Topliss-reactive ketones (excluding diaryl/α,β-unsaturated/α-hetero) is 1. The molecule has 1 aliphatic carbocycles. The topological polar surface area (TPSA) is 40.5 Å². The summed E-state index contributed by atoms with van der Waals surface area (Å²) in [6, 6.07) is 0. The number of hydrogen-bond acceptors (Lipinski definition) is 3. The molecule has 0 amide bonds. The summed E-state index contributed by atoms with van der Waals surface area (Å²) in [7, 11) is 0. The Hall–Kier alpha value is -0.410. The number of rotatable bonds is 2. The van der Waals surface area contributed by atoms with E-state index < -0.39 is 0 Å². The summed E-state index contributed by atoms with van der Waals surface area (Å²) in [5.74, 6) is 1.30. The lowest BCUT2D eigenvalue weighted by atomic mass is 9.68. The molecule has 0 radical (unpaired) electrons. The maximum Gasteiger partial charge on any atom is 0.137 e. The molecule has 2 aliphatic rings. The predicted octanol–water partition coefficient (Wildman–Crippen LogP) is 2.08. The molecular weight excluding hydrogens is 226 g/mol. The van der Waals surface area contributed by atoms with E-state index >= 15 is 0 Å². The number of ketones is 1. The van der Waals surface area contributed by atoms with Gasteiger partial charge in [-0.15, -0.1) is 0 Å². The second-order valence-corrected chi connectivity index (χ2v) is 7.20. The monoisotopic (exact) mass is 253 g/mol. The van der Waals surface area contributed by atoms with Crippen LogP contribution in [-0.4, -0.2) is 41.5 Å². The van der Waals surface area contributed by atoms with Crippen LogP contribution in [0.25, 0.3) is 0 Å². The number of likely N-dealkylation sites (tertiary alicyclic amines) is 1. The van der Waals surface area contributed by atoms with Crippen LogP contribution in [0.2, 0.25) is 0 Å². The van der Waals surface area contributed by atoms with Gasteiger partial charge >= 0.3 is 0 Å². The summed E-state index contributed by atoms with van der Waals surface area (Å²) in [6.45, 7) is 9.41. The number of nitrogens with zero attached hydrogens (tertiary/aromatic N) is 1. The van der Waals surface area contributed by atoms with Crippen LogP contribution in [-0.2, 0) is 4.79 Å². The van der Waals surface area contributed by atoms with E-state index in [2.05, 4.69) is 25.7 Å². The van der Waals surface area contributed by atoms with E-state index in [0.29, 0.717) is 17.1 Å². The van der Waals surface area contributed by atoms with Gasteiger partial charge < -0.3 is 5.11 Å². The highest BCUT2D eigenvalue weighted by molar-refractivity contribution is 5.82. The SMILES string of the molecule is CC(C)(C)C1CCC(=O)C(CN2CCC(O)C2)C1. The molecule has 3 atom stereocenters. The first-order valence-electron chi connectivity index (χ1n) is 7.29. The average molecular weight is 253 g/mol. The zero-order chi connectivity index (χ0) is 13.3. The Kier molecular flexibility index (Phi) is 4.12. The van der Waals surface area contributed by atoms with Crippen molar-refractivity contribution in [1.82, 2.24) is 4.90 Å². The fourth-order valence-corrected chi connectivity index (χ4v) is 3.37. The Balaban J connectivity index is 1.92. The summed E-state index contributed by atoms with van der Waals surface area (Å²) in [6.07, 6.45) is 3.53. The van der Waals surface area contributed by atoms with E-state index in [0.717, 1.165) is 45.3 Å². The van der Waals surface area contributed by atoms with Gasteiger partial charge in [-0.25, -0.2) is 0 Å². The van der Waals surface area contributed by atoms with Gasteiger partial charge in [0.15, 0.2) is 0 Å². The molecular formula is C15H27NO2. The fourth-order valence-electron chi connectivity index (χ4n) is 3.37. The van der Waals surface area contributed by atoms with Crippen molar-refractivity contribution in [3.8, 4) is 0 Å². The molecule has 0 bridgehead atoms. The molecule has 3 unspecified atom stereocenters. The van der Waals surface area contributed by atoms with E-state index in [1.807, 2.05) is 0 Å². The number of carbonyl (C=O) groups is 1. The van der Waals surface area contributed by atoms with Gasteiger partial charge in [0.2, 0.25) is 0 Å². The van der Waals surface area contributed by atoms with Gasteiger partial charge in [0.25, 0.3) is 0 Å². The molecule has 1 heterocycles. The normalized spacial score (nSPS) is 35.1. The number of carbonyl (C=O) groups excluding carboxylic acids is 1. The molecule has 18 heavy (non-hydrogen) atoms. The third kappa shape index (κ3) is 3.33. The Bertz CT molecular complexity index is 308. The first kappa shape index (κ1) is 14.0. The zero-order valence-corrected chi connectivity index (χ0v) is 12.0. The molecule has 0 spiro atoms. The highest BCUT2D eigenvalue weighted by atomic mass is 16.3. The van der Waals surface area contributed by atoms with Crippen LogP contribution < -0.4 is 0 Å². The Morgan fingerprint density at radius 2 is 2.06 bits per heavy atom. The summed E-state index contributed by atoms with van der Waals surface area (Å²) in [5.41, 5.74) is 0.309. The molecule has 2 rings (SSSR count). The molecule has 104 valence electrons. The second-order valence-electron chi connectivity index (χ2n) is 7.20. The standard InChI is InChI=1S/C15H27NO2/c1-15(2,3)12-4-5-14(18)11(8-12)9-16-7-6-13(17)10-16/h11-13,17H,4-10H2,1-3H3. The minimum Gasteiger partial charge on any atom is -0.392 e. The Morgan fingerprint density at radius 3 is 2.61 bits per heavy atom. The van der Waals surface area contributed by atoms with Crippen molar-refractivity contribution in [2.45, 2.75) is 52.6 Å². The highest BCUT2D eigenvalue weighted by Crippen LogP contribution is 2.39. The van der Waals surface area contributed by atoms with E-state index in [-0.39, 0.29) is 12.0 Å². The van der Waals surface area contributed by atoms with Crippen molar-refractivity contribution in [2.75, 3.05) is 19.6 Å². The zero-order valence-electron chi connectivity index (χ0n) is 12.0. The van der Waals surface area contributed by atoms with Crippen molar-refractivity contribution >= 4 is 5.78 Å². The van der Waals surface area contributed by atoms with Crippen LogP contribution in [0.15, 0.2) is 0 Å². The van der Waals surface area contributed by atoms with Crippen molar-refractivity contribution in [2.24, 2.45) is 17.3 Å². The highest BCUT2D eigenvalue weighted by Gasteiger charge is 2.36. The lowest BCUT2D eigenvalue weighted by Gasteiger charge is -2.38. The molecule has 0 aromatic carbocycles. The molecule has 1 saturated heterocycles. The van der Waals surface area contributed by atoms with Crippen molar-refractivity contribution in [3.05, 3.63) is 0 Å². The maximum absolute atomic E-state index is 12.0. The van der Waals surface area contributed by atoms with E-state index in [1.165, 1.54) is 0 Å². The molecule has 0 aromatic heterocycles. The largest absolute Gasteiger partial charge is 0.392 e. The fraction of sp³-hybridized carbons (Fsp3) is 0.933. The Labute approximate surface area is 111 Å².